The van der Waals surface area contributed by atoms with Crippen LogP contribution in [0.4, 0.5) is 0 Å². The minimum atomic E-state index is -3.58. The van der Waals surface area contributed by atoms with Crippen molar-refractivity contribution in [1.82, 2.24) is 5.32 Å². The van der Waals surface area contributed by atoms with Gasteiger partial charge in [0, 0.05) is 19.4 Å². The van der Waals surface area contributed by atoms with Crippen LogP contribution >= 0.6 is 0 Å². The molecule has 0 aliphatic rings. The molecule has 1 amide bonds. The van der Waals surface area contributed by atoms with E-state index in [9.17, 15) is 18.0 Å². The molecule has 0 fully saturated rings. The Morgan fingerprint density at radius 2 is 1.81 bits per heavy atom. The molecule has 21 heavy (non-hydrogen) atoms. The van der Waals surface area contributed by atoms with Crippen molar-refractivity contribution in [3.63, 3.8) is 0 Å². The minimum Gasteiger partial charge on any atom is -0.480 e. The van der Waals surface area contributed by atoms with Gasteiger partial charge in [-0.25, -0.2) is 13.2 Å². The quantitative estimate of drug-likeness (QED) is 0.611. The SMILES string of the molecule is O=C(CCS(=O)(=O)c1ccccc1)N[C@H](CCO)C(=O)O. The summed E-state index contributed by atoms with van der Waals surface area (Å²) < 4.78 is 23.9. The van der Waals surface area contributed by atoms with Crippen molar-refractivity contribution in [1.29, 1.82) is 0 Å². The summed E-state index contributed by atoms with van der Waals surface area (Å²) >= 11 is 0. The molecule has 0 heterocycles. The smallest absolute Gasteiger partial charge is 0.326 e. The van der Waals surface area contributed by atoms with Crippen molar-refractivity contribution in [3.05, 3.63) is 30.3 Å². The average Bonchev–Trinajstić information content (AvgIpc) is 2.45. The Kier molecular flexibility index (Phi) is 6.32. The van der Waals surface area contributed by atoms with Crippen LogP contribution in [0.25, 0.3) is 0 Å². The standard InChI is InChI=1S/C13H17NO6S/c15-8-6-11(13(17)18)14-12(16)7-9-21(19,20)10-4-2-1-3-5-10/h1-5,11,15H,6-9H2,(H,14,16)(H,17,18)/t11-/m1/s1. The Hall–Kier alpha value is -1.93. The lowest BCUT2D eigenvalue weighted by Crippen LogP contribution is -2.41. The van der Waals surface area contributed by atoms with E-state index in [0.29, 0.717) is 0 Å². The van der Waals surface area contributed by atoms with Crippen LogP contribution in [0.3, 0.4) is 0 Å². The molecule has 1 atom stereocenters. The second kappa shape index (κ2) is 7.75. The average molecular weight is 315 g/mol. The molecule has 0 aliphatic carbocycles. The largest absolute Gasteiger partial charge is 0.480 e. The maximum absolute atomic E-state index is 11.9. The molecule has 0 aromatic heterocycles. The summed E-state index contributed by atoms with van der Waals surface area (Å²) in [4.78, 5) is 22.5. The molecular formula is C13H17NO6S. The van der Waals surface area contributed by atoms with E-state index in [-0.39, 0.29) is 24.3 Å². The van der Waals surface area contributed by atoms with E-state index in [1.54, 1.807) is 18.2 Å². The summed E-state index contributed by atoms with van der Waals surface area (Å²) in [6.07, 6.45) is -0.473. The van der Waals surface area contributed by atoms with Crippen molar-refractivity contribution in [3.8, 4) is 0 Å². The van der Waals surface area contributed by atoms with Gasteiger partial charge in [0.1, 0.15) is 6.04 Å². The number of hydrogen-bond acceptors (Lipinski definition) is 5. The van der Waals surface area contributed by atoms with Gasteiger partial charge in [-0.15, -0.1) is 0 Å². The third-order valence-electron chi connectivity index (χ3n) is 2.75. The van der Waals surface area contributed by atoms with E-state index in [1.165, 1.54) is 12.1 Å². The first-order chi connectivity index (χ1) is 9.86. The Balaban J connectivity index is 2.58. The molecule has 116 valence electrons. The lowest BCUT2D eigenvalue weighted by atomic mass is 10.2. The molecule has 0 bridgehead atoms. The first kappa shape index (κ1) is 17.1. The van der Waals surface area contributed by atoms with Crippen LogP contribution in [0.2, 0.25) is 0 Å². The Morgan fingerprint density at radius 1 is 1.19 bits per heavy atom. The Bertz CT molecular complexity index is 584. The second-order valence-corrected chi connectivity index (χ2v) is 6.46. The molecule has 0 saturated heterocycles. The number of carbonyl (C=O) groups is 2. The van der Waals surface area contributed by atoms with Gasteiger partial charge < -0.3 is 15.5 Å². The van der Waals surface area contributed by atoms with Crippen molar-refractivity contribution < 1.29 is 28.2 Å². The normalized spacial score (nSPS) is 12.6. The van der Waals surface area contributed by atoms with E-state index in [4.69, 9.17) is 10.2 Å². The predicted octanol–water partition coefficient (Wildman–Crippen LogP) is -0.198. The molecule has 0 unspecified atom stereocenters. The molecule has 0 spiro atoms. The predicted molar refractivity (Wildman–Crippen MR) is 74.4 cm³/mol. The lowest BCUT2D eigenvalue weighted by Gasteiger charge is -2.13. The molecule has 1 rings (SSSR count). The fourth-order valence-electron chi connectivity index (χ4n) is 1.63. The summed E-state index contributed by atoms with van der Waals surface area (Å²) in [6.45, 7) is -0.389. The third kappa shape index (κ3) is 5.52. The van der Waals surface area contributed by atoms with Gasteiger partial charge in [-0.3, -0.25) is 4.79 Å². The Labute approximate surface area is 122 Å². The summed E-state index contributed by atoms with van der Waals surface area (Å²) in [7, 11) is -3.58. The van der Waals surface area contributed by atoms with Crippen molar-refractivity contribution in [2.75, 3.05) is 12.4 Å². The Morgan fingerprint density at radius 3 is 2.33 bits per heavy atom. The van der Waals surface area contributed by atoms with Gasteiger partial charge in [-0.2, -0.15) is 0 Å². The van der Waals surface area contributed by atoms with Crippen LogP contribution in [0.1, 0.15) is 12.8 Å². The molecule has 7 nitrogen and oxygen atoms in total. The highest BCUT2D eigenvalue weighted by atomic mass is 32.2. The van der Waals surface area contributed by atoms with Crippen molar-refractivity contribution in [2.45, 2.75) is 23.8 Å². The number of carboxylic acids is 1. The number of benzene rings is 1. The highest BCUT2D eigenvalue weighted by molar-refractivity contribution is 7.91. The van der Waals surface area contributed by atoms with E-state index >= 15 is 0 Å². The van der Waals surface area contributed by atoms with Crippen LogP contribution < -0.4 is 5.32 Å². The van der Waals surface area contributed by atoms with E-state index in [0.717, 1.165) is 0 Å². The number of hydrogen-bond donors (Lipinski definition) is 3. The molecule has 0 radical (unpaired) electrons. The maximum atomic E-state index is 11.9. The zero-order chi connectivity index (χ0) is 15.9. The fraction of sp³-hybridized carbons (Fsp3) is 0.385. The number of sulfone groups is 1. The number of rotatable bonds is 8. The van der Waals surface area contributed by atoms with Crippen LogP contribution in [0, 0.1) is 0 Å². The summed E-state index contributed by atoms with van der Waals surface area (Å²) in [5.41, 5.74) is 0. The summed E-state index contributed by atoms with van der Waals surface area (Å²) in [6, 6.07) is 6.47. The van der Waals surface area contributed by atoms with Gasteiger partial charge in [0.15, 0.2) is 9.84 Å². The van der Waals surface area contributed by atoms with Crippen molar-refractivity contribution in [2.24, 2.45) is 0 Å². The van der Waals surface area contributed by atoms with Gasteiger partial charge >= 0.3 is 5.97 Å². The van der Waals surface area contributed by atoms with E-state index in [2.05, 4.69) is 5.32 Å². The van der Waals surface area contributed by atoms with Crippen LogP contribution in [-0.2, 0) is 19.4 Å². The van der Waals surface area contributed by atoms with Crippen LogP contribution in [-0.4, -0.2) is 48.9 Å². The zero-order valence-corrected chi connectivity index (χ0v) is 12.0. The first-order valence-corrected chi connectivity index (χ1v) is 7.93. The monoisotopic (exact) mass is 315 g/mol. The fourth-order valence-corrected chi connectivity index (χ4v) is 2.89. The number of carbonyl (C=O) groups excluding carboxylic acids is 1. The highest BCUT2D eigenvalue weighted by Gasteiger charge is 2.21. The van der Waals surface area contributed by atoms with Gasteiger partial charge in [0.2, 0.25) is 5.91 Å². The molecular weight excluding hydrogens is 298 g/mol. The maximum Gasteiger partial charge on any atom is 0.326 e. The third-order valence-corrected chi connectivity index (χ3v) is 4.48. The summed E-state index contributed by atoms with van der Waals surface area (Å²) in [5.74, 6) is -2.37. The molecule has 0 aliphatic heterocycles. The topological polar surface area (TPSA) is 121 Å². The number of aliphatic hydroxyl groups is 1. The van der Waals surface area contributed by atoms with Crippen LogP contribution in [0.15, 0.2) is 35.2 Å². The minimum absolute atomic E-state index is 0.114. The van der Waals surface area contributed by atoms with Gasteiger partial charge in [-0.1, -0.05) is 18.2 Å². The van der Waals surface area contributed by atoms with E-state index in [1.807, 2.05) is 0 Å². The first-order valence-electron chi connectivity index (χ1n) is 6.27. The van der Waals surface area contributed by atoms with Crippen molar-refractivity contribution >= 4 is 21.7 Å². The molecule has 1 aromatic rings. The number of nitrogens with one attached hydrogen (secondary N) is 1. The number of carboxylic acid groups (broad SMARTS) is 1. The molecule has 3 N–H and O–H groups in total. The van der Waals surface area contributed by atoms with E-state index < -0.39 is 33.5 Å². The van der Waals surface area contributed by atoms with Crippen LogP contribution in [0.5, 0.6) is 0 Å². The molecule has 0 saturated carbocycles. The number of amides is 1. The second-order valence-electron chi connectivity index (χ2n) is 4.35. The van der Waals surface area contributed by atoms with Gasteiger partial charge in [-0.05, 0) is 12.1 Å². The molecule has 1 aromatic carbocycles. The number of aliphatic carboxylic acids is 1. The van der Waals surface area contributed by atoms with Gasteiger partial charge in [0.25, 0.3) is 0 Å². The lowest BCUT2D eigenvalue weighted by molar-refractivity contribution is -0.142. The zero-order valence-electron chi connectivity index (χ0n) is 11.2. The summed E-state index contributed by atoms with van der Waals surface area (Å²) in [5, 5.41) is 19.7. The highest BCUT2D eigenvalue weighted by Crippen LogP contribution is 2.11. The van der Waals surface area contributed by atoms with Gasteiger partial charge in [0.05, 0.1) is 10.6 Å². The molecule has 8 heteroatoms. The number of aliphatic hydroxyl groups excluding tert-OH is 1.